The van der Waals surface area contributed by atoms with Gasteiger partial charge in [0.15, 0.2) is 0 Å². The van der Waals surface area contributed by atoms with Crippen LogP contribution in [0.2, 0.25) is 36.3 Å². The molecule has 0 spiro atoms. The van der Waals surface area contributed by atoms with Crippen LogP contribution in [0.3, 0.4) is 0 Å². The molecule has 0 bridgehead atoms. The minimum Gasteiger partial charge on any atom is -0.285 e. The molecule has 4 rings (SSSR count). The maximum atomic E-state index is 4.44. The molecule has 0 saturated heterocycles. The molecular formula is C46H74NPSi2. The third-order valence-corrected chi connectivity index (χ3v) is 25.3. The Balaban J connectivity index is 1.82. The van der Waals surface area contributed by atoms with Gasteiger partial charge in [-0.25, -0.2) is 0 Å². The number of nitrogens with one attached hydrogen (secondary N) is 1. The predicted molar refractivity (Wildman–Crippen MR) is 234 cm³/mol. The molecule has 1 unspecified atom stereocenters. The van der Waals surface area contributed by atoms with Crippen LogP contribution in [0, 0.1) is 0 Å². The van der Waals surface area contributed by atoms with Gasteiger partial charge in [0.1, 0.15) is 0 Å². The van der Waals surface area contributed by atoms with Crippen LogP contribution in [0.1, 0.15) is 136 Å². The van der Waals surface area contributed by atoms with Crippen LogP contribution in [0.25, 0.3) is 0 Å². The van der Waals surface area contributed by atoms with Crippen molar-refractivity contribution < 1.29 is 0 Å². The highest BCUT2D eigenvalue weighted by Crippen LogP contribution is 2.36. The van der Waals surface area contributed by atoms with Gasteiger partial charge in [-0.1, -0.05) is 238 Å². The molecule has 0 aromatic heterocycles. The summed E-state index contributed by atoms with van der Waals surface area (Å²) >= 11 is 0. The van der Waals surface area contributed by atoms with E-state index in [1.54, 1.807) is 32.1 Å². The highest BCUT2D eigenvalue weighted by Gasteiger charge is 2.36. The average molecular weight is 728 g/mol. The SMILES string of the molecule is CCCC[Si](CCCC)(CCCC)c1cccc(P(NC2CCc3ccccc3C2)c2cccc([Si](CCCC)(CCCC)CCCC)c2)c1. The monoisotopic (exact) mass is 728 g/mol. The zero-order valence-electron chi connectivity index (χ0n) is 33.3. The first-order valence-corrected chi connectivity index (χ1v) is 27.9. The van der Waals surface area contributed by atoms with Gasteiger partial charge >= 0.3 is 0 Å². The van der Waals surface area contributed by atoms with E-state index in [1.165, 1.54) is 126 Å². The lowest BCUT2D eigenvalue weighted by atomic mass is 9.89. The van der Waals surface area contributed by atoms with Crippen LogP contribution < -0.4 is 26.1 Å². The number of unbranched alkanes of at least 4 members (excludes halogenated alkanes) is 6. The number of hydrogen-bond donors (Lipinski definition) is 1. The van der Waals surface area contributed by atoms with Crippen LogP contribution in [0.5, 0.6) is 0 Å². The second-order valence-electron chi connectivity index (χ2n) is 16.0. The summed E-state index contributed by atoms with van der Waals surface area (Å²) in [5, 5.41) is 11.1. The average Bonchev–Trinajstić information content (AvgIpc) is 3.16. The van der Waals surface area contributed by atoms with Crippen molar-refractivity contribution in [2.45, 2.75) is 180 Å². The van der Waals surface area contributed by atoms with Crippen molar-refractivity contribution in [3.05, 3.63) is 83.9 Å². The standard InChI is InChI=1S/C46H74NPSi2/c1-7-13-31-49(32-14-8-2,33-15-9-3)45-27-21-25-43(38-45)48(47-42-30-29-40-23-19-20-24-41(40)37-42)44-26-22-28-46(39-44)50(34-16-10-4,35-17-11-5)36-18-12-6/h19-28,38-39,42,47H,7-18,29-37H2,1-6H3. The van der Waals surface area contributed by atoms with Crippen molar-refractivity contribution in [1.82, 2.24) is 5.09 Å². The van der Waals surface area contributed by atoms with E-state index >= 15 is 0 Å². The molecule has 1 N–H and O–H groups in total. The molecule has 0 amide bonds. The van der Waals surface area contributed by atoms with Crippen LogP contribution in [0.4, 0.5) is 0 Å². The zero-order valence-corrected chi connectivity index (χ0v) is 36.2. The van der Waals surface area contributed by atoms with Gasteiger partial charge in [-0.15, -0.1) is 0 Å². The molecule has 1 aliphatic carbocycles. The van der Waals surface area contributed by atoms with Gasteiger partial charge in [0.2, 0.25) is 0 Å². The molecule has 0 heterocycles. The molecule has 3 aromatic rings. The molecule has 0 radical (unpaired) electrons. The van der Waals surface area contributed by atoms with E-state index in [0.29, 0.717) is 6.04 Å². The van der Waals surface area contributed by atoms with Crippen molar-refractivity contribution in [2.24, 2.45) is 0 Å². The second-order valence-corrected chi connectivity index (χ2v) is 27.2. The van der Waals surface area contributed by atoms with E-state index in [-0.39, 0.29) is 0 Å². The topological polar surface area (TPSA) is 12.0 Å². The summed E-state index contributed by atoms with van der Waals surface area (Å²) in [4.78, 5) is 0. The van der Waals surface area contributed by atoms with E-state index in [9.17, 15) is 0 Å². The van der Waals surface area contributed by atoms with E-state index in [0.717, 1.165) is 6.42 Å². The second kappa shape index (κ2) is 21.9. The smallest absolute Gasteiger partial charge is 0.0867 e. The predicted octanol–water partition coefficient (Wildman–Crippen LogP) is 12.3. The molecular weight excluding hydrogens is 654 g/mol. The Labute approximate surface area is 313 Å². The molecule has 0 saturated carbocycles. The molecule has 50 heavy (non-hydrogen) atoms. The molecule has 0 aliphatic heterocycles. The summed E-state index contributed by atoms with van der Waals surface area (Å²) in [7, 11) is -3.89. The van der Waals surface area contributed by atoms with Crippen molar-refractivity contribution in [3.8, 4) is 0 Å². The lowest BCUT2D eigenvalue weighted by Gasteiger charge is -2.36. The molecule has 0 fully saturated rings. The molecule has 1 aliphatic rings. The molecule has 276 valence electrons. The molecule has 1 atom stereocenters. The first kappa shape index (κ1) is 41.2. The van der Waals surface area contributed by atoms with Gasteiger partial charge in [0, 0.05) is 14.1 Å². The maximum absolute atomic E-state index is 4.44. The third kappa shape index (κ3) is 11.2. The Morgan fingerprint density at radius 2 is 0.920 bits per heavy atom. The normalized spacial score (nSPS) is 15.1. The fourth-order valence-corrected chi connectivity index (χ4v) is 22.6. The summed E-state index contributed by atoms with van der Waals surface area (Å²) in [6, 6.07) is 39.2. The summed E-state index contributed by atoms with van der Waals surface area (Å²) < 4.78 is 0. The van der Waals surface area contributed by atoms with Crippen LogP contribution in [0.15, 0.2) is 72.8 Å². The van der Waals surface area contributed by atoms with Gasteiger partial charge in [-0.05, 0) is 41.0 Å². The Bertz CT molecular complexity index is 1270. The number of hydrogen-bond acceptors (Lipinski definition) is 1. The highest BCUT2D eigenvalue weighted by atomic mass is 31.1. The summed E-state index contributed by atoms with van der Waals surface area (Å²) in [6.45, 7) is 14.4. The van der Waals surface area contributed by atoms with Gasteiger partial charge in [0.05, 0.1) is 16.1 Å². The van der Waals surface area contributed by atoms with E-state index in [4.69, 9.17) is 0 Å². The Hall–Kier alpha value is -1.52. The fraction of sp³-hybridized carbons (Fsp3) is 0.609. The highest BCUT2D eigenvalue weighted by molar-refractivity contribution is 7.71. The van der Waals surface area contributed by atoms with Gasteiger partial charge in [0.25, 0.3) is 0 Å². The number of aryl methyl sites for hydroxylation is 1. The molecule has 1 nitrogen and oxygen atoms in total. The number of fused-ring (bicyclic) bond motifs is 1. The summed E-state index contributed by atoms with van der Waals surface area (Å²) in [5.74, 6) is 0. The lowest BCUT2D eigenvalue weighted by molar-refractivity contribution is 0.543. The first-order valence-electron chi connectivity index (χ1n) is 21.3. The fourth-order valence-electron chi connectivity index (χ4n) is 8.95. The minimum absolute atomic E-state index is 0.521. The lowest BCUT2D eigenvalue weighted by Crippen LogP contribution is -2.49. The zero-order chi connectivity index (χ0) is 35.7. The van der Waals surface area contributed by atoms with Gasteiger partial charge in [-0.3, -0.25) is 5.09 Å². The van der Waals surface area contributed by atoms with Crippen LogP contribution in [-0.2, 0) is 12.8 Å². The summed E-state index contributed by atoms with van der Waals surface area (Å²) in [5.41, 5.74) is 3.12. The van der Waals surface area contributed by atoms with Gasteiger partial charge in [-0.2, -0.15) is 0 Å². The Morgan fingerprint density at radius 3 is 1.32 bits per heavy atom. The largest absolute Gasteiger partial charge is 0.285 e. The molecule has 3 aromatic carbocycles. The minimum atomic E-state index is -1.61. The van der Waals surface area contributed by atoms with E-state index in [1.807, 2.05) is 0 Å². The molecule has 4 heteroatoms. The first-order chi connectivity index (χ1) is 24.5. The Kier molecular flexibility index (Phi) is 18.0. The van der Waals surface area contributed by atoms with Crippen molar-refractivity contribution in [1.29, 1.82) is 0 Å². The van der Waals surface area contributed by atoms with Crippen molar-refractivity contribution in [2.75, 3.05) is 0 Å². The van der Waals surface area contributed by atoms with E-state index in [2.05, 4.69) is 119 Å². The Morgan fingerprint density at radius 1 is 0.520 bits per heavy atom. The van der Waals surface area contributed by atoms with Crippen molar-refractivity contribution >= 4 is 45.2 Å². The van der Waals surface area contributed by atoms with Crippen molar-refractivity contribution in [3.63, 3.8) is 0 Å². The van der Waals surface area contributed by atoms with Crippen LogP contribution in [-0.4, -0.2) is 22.2 Å². The summed E-state index contributed by atoms with van der Waals surface area (Å²) in [6.07, 6.45) is 19.8. The third-order valence-electron chi connectivity index (χ3n) is 12.1. The van der Waals surface area contributed by atoms with E-state index < -0.39 is 24.2 Å². The quantitative estimate of drug-likeness (QED) is 0.0715. The number of benzene rings is 3. The maximum Gasteiger partial charge on any atom is 0.0867 e. The van der Waals surface area contributed by atoms with Gasteiger partial charge < -0.3 is 0 Å². The number of rotatable bonds is 24. The van der Waals surface area contributed by atoms with Crippen LogP contribution >= 0.6 is 8.07 Å².